The van der Waals surface area contributed by atoms with Crippen molar-refractivity contribution in [3.8, 4) is 0 Å². The summed E-state index contributed by atoms with van der Waals surface area (Å²) in [5.74, 6) is -2.40. The first-order valence-corrected chi connectivity index (χ1v) is 19.9. The number of carbonyl (C=O) groups excluding carboxylic acids is 2. The van der Waals surface area contributed by atoms with E-state index >= 15 is 0 Å². The summed E-state index contributed by atoms with van der Waals surface area (Å²) in [4.78, 5) is 45.6. The van der Waals surface area contributed by atoms with E-state index in [0.29, 0.717) is 12.8 Å². The number of hydrogen-bond acceptors (Lipinski definition) is 9. The fourth-order valence-electron chi connectivity index (χ4n) is 4.74. The van der Waals surface area contributed by atoms with E-state index in [9.17, 15) is 23.8 Å². The Hall–Kier alpha value is -2.04. The Morgan fingerprint density at radius 3 is 1.67 bits per heavy atom. The molecule has 280 valence electrons. The number of allylic oxidation sites excluding steroid dienone is 4. The molecule has 3 atom stereocenters. The van der Waals surface area contributed by atoms with Crippen LogP contribution >= 0.6 is 7.82 Å². The molecular formula is C36H66NO10P. The summed E-state index contributed by atoms with van der Waals surface area (Å²) in [6.07, 6.45) is 29.7. The Bertz CT molecular complexity index is 926. The van der Waals surface area contributed by atoms with Crippen LogP contribution in [0.3, 0.4) is 0 Å². The Kier molecular flexibility index (Phi) is 30.8. The zero-order chi connectivity index (χ0) is 35.7. The molecule has 0 amide bonds. The lowest BCUT2D eigenvalue weighted by Crippen LogP contribution is -2.34. The Labute approximate surface area is 290 Å². The predicted octanol–water partition coefficient (Wildman–Crippen LogP) is 8.72. The van der Waals surface area contributed by atoms with Gasteiger partial charge < -0.3 is 25.2 Å². The van der Waals surface area contributed by atoms with Crippen molar-refractivity contribution < 1.29 is 47.5 Å². The molecule has 11 nitrogen and oxygen atoms in total. The second-order valence-corrected chi connectivity index (χ2v) is 13.8. The van der Waals surface area contributed by atoms with E-state index in [1.807, 2.05) is 0 Å². The number of nitrogens with two attached hydrogens (primary N) is 1. The fourth-order valence-corrected chi connectivity index (χ4v) is 5.52. The summed E-state index contributed by atoms with van der Waals surface area (Å²) < 4.78 is 32.4. The third-order valence-electron chi connectivity index (χ3n) is 7.70. The van der Waals surface area contributed by atoms with E-state index in [4.69, 9.17) is 24.8 Å². The smallest absolute Gasteiger partial charge is 0.472 e. The zero-order valence-electron chi connectivity index (χ0n) is 29.8. The number of phosphoric ester groups is 1. The van der Waals surface area contributed by atoms with Crippen molar-refractivity contribution in [3.05, 3.63) is 24.3 Å². The van der Waals surface area contributed by atoms with Crippen molar-refractivity contribution >= 4 is 25.7 Å². The van der Waals surface area contributed by atoms with E-state index < -0.39 is 51.1 Å². The van der Waals surface area contributed by atoms with Gasteiger partial charge in [-0.15, -0.1) is 0 Å². The monoisotopic (exact) mass is 703 g/mol. The number of esters is 2. The average Bonchev–Trinajstić information content (AvgIpc) is 3.05. The van der Waals surface area contributed by atoms with Crippen molar-refractivity contribution in [2.24, 2.45) is 5.73 Å². The fraction of sp³-hybridized carbons (Fsp3) is 0.806. The number of phosphoric acid groups is 1. The summed E-state index contributed by atoms with van der Waals surface area (Å²) in [6, 6.07) is -1.52. The molecule has 0 rings (SSSR count). The van der Waals surface area contributed by atoms with E-state index in [0.717, 1.165) is 64.2 Å². The van der Waals surface area contributed by atoms with Gasteiger partial charge in [0.25, 0.3) is 0 Å². The Morgan fingerprint density at radius 1 is 0.646 bits per heavy atom. The molecule has 0 radical (unpaired) electrons. The Morgan fingerprint density at radius 2 is 1.10 bits per heavy atom. The number of aliphatic carboxylic acids is 1. The van der Waals surface area contributed by atoms with Crippen LogP contribution in [0.15, 0.2) is 24.3 Å². The average molecular weight is 704 g/mol. The largest absolute Gasteiger partial charge is 0.480 e. The summed E-state index contributed by atoms with van der Waals surface area (Å²) in [6.45, 7) is 2.71. The third kappa shape index (κ3) is 31.2. The molecule has 0 aliphatic heterocycles. The molecule has 0 aliphatic rings. The number of rotatable bonds is 34. The standard InChI is InChI=1S/C36H66NO10P/c1-3-5-7-9-11-13-14-15-16-17-18-20-21-23-25-27-34(38)44-29-32(30-45-48(42,43)46-31-33(37)36(40)41)47-35(39)28-26-24-22-19-12-10-8-6-4-2/h11,13,15-16,32-33H,3-10,12,14,17-31,37H2,1-2H3,(H,40,41)(H,42,43)/b13-11-,16-15-/t32-,33+/m1/s1. The van der Waals surface area contributed by atoms with Gasteiger partial charge in [0.1, 0.15) is 12.6 Å². The first-order valence-electron chi connectivity index (χ1n) is 18.4. The molecule has 0 aromatic carbocycles. The molecule has 0 saturated carbocycles. The third-order valence-corrected chi connectivity index (χ3v) is 8.65. The van der Waals surface area contributed by atoms with E-state index in [2.05, 4.69) is 42.7 Å². The predicted molar refractivity (Wildman–Crippen MR) is 189 cm³/mol. The Balaban J connectivity index is 4.44. The van der Waals surface area contributed by atoms with Gasteiger partial charge in [0.05, 0.1) is 13.2 Å². The lowest BCUT2D eigenvalue weighted by atomic mass is 10.1. The molecule has 1 unspecified atom stereocenters. The maximum absolute atomic E-state index is 12.5. The normalized spacial score (nSPS) is 14.2. The molecule has 0 bridgehead atoms. The van der Waals surface area contributed by atoms with Crippen LogP contribution < -0.4 is 5.73 Å². The maximum Gasteiger partial charge on any atom is 0.472 e. The number of carboxylic acids is 1. The zero-order valence-corrected chi connectivity index (χ0v) is 30.7. The molecule has 4 N–H and O–H groups in total. The van der Waals surface area contributed by atoms with E-state index in [1.165, 1.54) is 51.4 Å². The van der Waals surface area contributed by atoms with Crippen molar-refractivity contribution in [1.82, 2.24) is 0 Å². The first-order chi connectivity index (χ1) is 23.1. The first kappa shape index (κ1) is 46.0. The molecule has 0 saturated heterocycles. The van der Waals surface area contributed by atoms with Gasteiger partial charge in [0.2, 0.25) is 0 Å². The van der Waals surface area contributed by atoms with Crippen molar-refractivity contribution in [2.75, 3.05) is 19.8 Å². The number of ether oxygens (including phenoxy) is 2. The van der Waals surface area contributed by atoms with Gasteiger partial charge in [-0.2, -0.15) is 0 Å². The van der Waals surface area contributed by atoms with Crippen LogP contribution in [0.1, 0.15) is 155 Å². The number of hydrogen-bond donors (Lipinski definition) is 3. The molecule has 0 spiro atoms. The molecule has 0 heterocycles. The van der Waals surface area contributed by atoms with Crippen LogP contribution in [0.4, 0.5) is 0 Å². The molecule has 12 heteroatoms. The molecule has 48 heavy (non-hydrogen) atoms. The van der Waals surface area contributed by atoms with Crippen LogP contribution in [-0.2, 0) is 37.5 Å². The highest BCUT2D eigenvalue weighted by atomic mass is 31.2. The summed E-state index contributed by atoms with van der Waals surface area (Å²) in [7, 11) is -4.70. The maximum atomic E-state index is 12.5. The quantitative estimate of drug-likeness (QED) is 0.0253. The number of carbonyl (C=O) groups is 3. The molecular weight excluding hydrogens is 637 g/mol. The van der Waals surface area contributed by atoms with Crippen molar-refractivity contribution in [2.45, 2.75) is 167 Å². The van der Waals surface area contributed by atoms with Gasteiger partial charge >= 0.3 is 25.7 Å². The minimum absolute atomic E-state index is 0.160. The van der Waals surface area contributed by atoms with Gasteiger partial charge in [-0.1, -0.05) is 122 Å². The lowest BCUT2D eigenvalue weighted by Gasteiger charge is -2.20. The molecule has 0 aromatic heterocycles. The molecule has 0 aromatic rings. The van der Waals surface area contributed by atoms with Crippen LogP contribution in [0.5, 0.6) is 0 Å². The second kappa shape index (κ2) is 32.2. The van der Waals surface area contributed by atoms with Gasteiger partial charge in [0, 0.05) is 12.8 Å². The molecule has 0 fully saturated rings. The lowest BCUT2D eigenvalue weighted by molar-refractivity contribution is -0.161. The van der Waals surface area contributed by atoms with Gasteiger partial charge in [0.15, 0.2) is 6.10 Å². The summed E-state index contributed by atoms with van der Waals surface area (Å²) in [5, 5.41) is 8.84. The minimum atomic E-state index is -4.70. The molecule has 0 aliphatic carbocycles. The highest BCUT2D eigenvalue weighted by molar-refractivity contribution is 7.47. The van der Waals surface area contributed by atoms with Crippen LogP contribution in [0.2, 0.25) is 0 Å². The number of carboxylic acid groups (broad SMARTS) is 1. The van der Waals surface area contributed by atoms with Gasteiger partial charge in [-0.05, 0) is 44.9 Å². The highest BCUT2D eigenvalue weighted by Gasteiger charge is 2.28. The minimum Gasteiger partial charge on any atom is -0.480 e. The second-order valence-electron chi connectivity index (χ2n) is 12.4. The van der Waals surface area contributed by atoms with Crippen LogP contribution in [0, 0.1) is 0 Å². The summed E-state index contributed by atoms with van der Waals surface area (Å²) >= 11 is 0. The van der Waals surface area contributed by atoms with Crippen LogP contribution in [-0.4, -0.2) is 59.9 Å². The van der Waals surface area contributed by atoms with E-state index in [1.54, 1.807) is 0 Å². The van der Waals surface area contributed by atoms with Crippen LogP contribution in [0.25, 0.3) is 0 Å². The number of unbranched alkanes of at least 4 members (excludes halogenated alkanes) is 16. The topological polar surface area (TPSA) is 172 Å². The summed E-state index contributed by atoms with van der Waals surface area (Å²) in [5.41, 5.74) is 5.30. The van der Waals surface area contributed by atoms with Gasteiger partial charge in [-0.25, -0.2) is 4.57 Å². The van der Waals surface area contributed by atoms with Gasteiger partial charge in [-0.3, -0.25) is 23.4 Å². The van der Waals surface area contributed by atoms with E-state index in [-0.39, 0.29) is 19.4 Å². The highest BCUT2D eigenvalue weighted by Crippen LogP contribution is 2.43. The van der Waals surface area contributed by atoms with Crippen molar-refractivity contribution in [1.29, 1.82) is 0 Å². The van der Waals surface area contributed by atoms with Crippen molar-refractivity contribution in [3.63, 3.8) is 0 Å². The SMILES string of the molecule is CCCCC/C=C\C/C=C\CCCCCCCC(=O)OC[C@H](COP(=O)(O)OC[C@H](N)C(=O)O)OC(=O)CCCCCCCCCCC.